The predicted octanol–water partition coefficient (Wildman–Crippen LogP) is 4.24. The van der Waals surface area contributed by atoms with Crippen molar-refractivity contribution in [1.29, 1.82) is 0 Å². The van der Waals surface area contributed by atoms with E-state index in [1.54, 1.807) is 0 Å². The van der Waals surface area contributed by atoms with Crippen molar-refractivity contribution >= 4 is 0 Å². The molecule has 1 aliphatic rings. The average Bonchev–Trinajstić information content (AvgIpc) is 2.03. The maximum atomic E-state index is 3.38. The summed E-state index contributed by atoms with van der Waals surface area (Å²) in [6, 6.07) is 0. The molecule has 0 saturated heterocycles. The van der Waals surface area contributed by atoms with Gasteiger partial charge in [-0.15, -0.1) is 5.73 Å². The van der Waals surface area contributed by atoms with Gasteiger partial charge in [-0.2, -0.15) is 0 Å². The van der Waals surface area contributed by atoms with Gasteiger partial charge in [-0.25, -0.2) is 0 Å². The highest BCUT2D eigenvalue weighted by molar-refractivity contribution is 5.23. The van der Waals surface area contributed by atoms with Crippen molar-refractivity contribution in [3.8, 4) is 0 Å². The summed E-state index contributed by atoms with van der Waals surface area (Å²) in [4.78, 5) is 0. The topological polar surface area (TPSA) is 0 Å². The van der Waals surface area contributed by atoms with E-state index in [2.05, 4.69) is 44.7 Å². The molecule has 0 aromatic carbocycles. The normalized spacial score (nSPS) is 19.8. The minimum Gasteiger partial charge on any atom is -0.122 e. The first kappa shape index (κ1) is 10.3. The molecular weight excluding hydrogens is 156 g/mol. The Morgan fingerprint density at radius 3 is 2.92 bits per heavy atom. The van der Waals surface area contributed by atoms with Gasteiger partial charge in [0.2, 0.25) is 0 Å². The zero-order valence-corrected chi connectivity index (χ0v) is 9.06. The molecule has 1 rings (SSSR count). The van der Waals surface area contributed by atoms with E-state index in [1.165, 1.54) is 24.8 Å². The lowest BCUT2D eigenvalue weighted by atomic mass is 9.79. The first-order chi connectivity index (χ1) is 6.14. The van der Waals surface area contributed by atoms with Gasteiger partial charge in [0.1, 0.15) is 0 Å². The van der Waals surface area contributed by atoms with Gasteiger partial charge in [-0.05, 0) is 36.3 Å². The fourth-order valence-corrected chi connectivity index (χ4v) is 1.61. The van der Waals surface area contributed by atoms with E-state index in [4.69, 9.17) is 0 Å². The van der Waals surface area contributed by atoms with E-state index < -0.39 is 0 Å². The second-order valence-corrected chi connectivity index (χ2v) is 4.61. The molecule has 0 radical (unpaired) electrons. The molecular formula is C13H20. The molecule has 0 aromatic rings. The lowest BCUT2D eigenvalue weighted by Gasteiger charge is -2.26. The summed E-state index contributed by atoms with van der Waals surface area (Å²) < 4.78 is 0. The van der Waals surface area contributed by atoms with E-state index in [0.717, 1.165) is 6.42 Å². The maximum Gasteiger partial charge on any atom is -0.00614 e. The Bertz CT molecular complexity index is 247. The van der Waals surface area contributed by atoms with Crippen LogP contribution in [0.15, 0.2) is 29.5 Å². The minimum absolute atomic E-state index is 0.442. The molecule has 0 amide bonds. The van der Waals surface area contributed by atoms with Gasteiger partial charge < -0.3 is 0 Å². The van der Waals surface area contributed by atoms with E-state index >= 15 is 0 Å². The third kappa shape index (κ3) is 3.65. The first-order valence-electron chi connectivity index (χ1n) is 5.24. The highest BCUT2D eigenvalue weighted by atomic mass is 14.2. The molecule has 0 fully saturated rings. The molecule has 0 nitrogen and oxygen atoms in total. The maximum absolute atomic E-state index is 3.38. The van der Waals surface area contributed by atoms with Crippen molar-refractivity contribution in [2.75, 3.05) is 0 Å². The van der Waals surface area contributed by atoms with Gasteiger partial charge in [0.15, 0.2) is 0 Å². The van der Waals surface area contributed by atoms with Crippen molar-refractivity contribution in [2.45, 2.75) is 46.5 Å². The fraction of sp³-hybridized carbons (Fsp3) is 0.615. The zero-order valence-electron chi connectivity index (χ0n) is 9.06. The van der Waals surface area contributed by atoms with Crippen molar-refractivity contribution in [1.82, 2.24) is 0 Å². The first-order valence-corrected chi connectivity index (χ1v) is 5.24. The summed E-state index contributed by atoms with van der Waals surface area (Å²) in [5.41, 5.74) is 5.19. The largest absolute Gasteiger partial charge is 0.122 e. The molecule has 0 N–H and O–H groups in total. The van der Waals surface area contributed by atoms with Gasteiger partial charge >= 0.3 is 0 Å². The van der Waals surface area contributed by atoms with Crippen molar-refractivity contribution < 1.29 is 0 Å². The van der Waals surface area contributed by atoms with E-state index in [9.17, 15) is 0 Å². The molecule has 0 aromatic heterocycles. The van der Waals surface area contributed by atoms with Gasteiger partial charge in [-0.1, -0.05) is 39.3 Å². The summed E-state index contributed by atoms with van der Waals surface area (Å²) in [6.07, 6.45) is 11.4. The molecule has 0 saturated carbocycles. The minimum atomic E-state index is 0.442. The van der Waals surface area contributed by atoms with Crippen LogP contribution in [0, 0.1) is 5.41 Å². The zero-order chi connectivity index (χ0) is 9.73. The van der Waals surface area contributed by atoms with E-state index in [1.807, 2.05) is 0 Å². The number of unbranched alkanes of at least 4 members (excludes halogenated alkanes) is 1. The standard InChI is InChI=1S/C13H20/c1-4-5-6-8-12-9-7-10-13(2,3)11-12/h6-7,9H,4-5,10-11H2,1-3H3. The lowest BCUT2D eigenvalue weighted by molar-refractivity contribution is 0.362. The summed E-state index contributed by atoms with van der Waals surface area (Å²) in [5, 5.41) is 0. The molecule has 72 valence electrons. The highest BCUT2D eigenvalue weighted by Gasteiger charge is 2.20. The predicted molar refractivity (Wildman–Crippen MR) is 58.7 cm³/mol. The van der Waals surface area contributed by atoms with Crippen molar-refractivity contribution in [2.24, 2.45) is 5.41 Å². The second-order valence-electron chi connectivity index (χ2n) is 4.61. The van der Waals surface area contributed by atoms with E-state index in [-0.39, 0.29) is 0 Å². The van der Waals surface area contributed by atoms with Crippen LogP contribution in [0.4, 0.5) is 0 Å². The molecule has 0 spiro atoms. The molecule has 1 aliphatic carbocycles. The van der Waals surface area contributed by atoms with E-state index in [0.29, 0.717) is 5.41 Å². The van der Waals surface area contributed by atoms with Crippen LogP contribution < -0.4 is 0 Å². The molecule has 0 aliphatic heterocycles. The third-order valence-corrected chi connectivity index (χ3v) is 2.38. The average molecular weight is 176 g/mol. The second kappa shape index (κ2) is 4.48. The number of allylic oxidation sites excluding steroid dienone is 3. The SMILES string of the molecule is CCCC=C=C1C=CCC(C)(C)C1. The van der Waals surface area contributed by atoms with Crippen LogP contribution in [0.25, 0.3) is 0 Å². The van der Waals surface area contributed by atoms with Crippen LogP contribution in [0.5, 0.6) is 0 Å². The molecule has 0 heteroatoms. The third-order valence-electron chi connectivity index (χ3n) is 2.38. The lowest BCUT2D eigenvalue weighted by Crippen LogP contribution is -2.13. The summed E-state index contributed by atoms with van der Waals surface area (Å²) in [5.74, 6) is 0. The number of rotatable bonds is 2. The highest BCUT2D eigenvalue weighted by Crippen LogP contribution is 2.33. The summed E-state index contributed by atoms with van der Waals surface area (Å²) in [6.45, 7) is 6.83. The van der Waals surface area contributed by atoms with Crippen LogP contribution in [-0.2, 0) is 0 Å². The fourth-order valence-electron chi connectivity index (χ4n) is 1.61. The van der Waals surface area contributed by atoms with Crippen LogP contribution in [-0.4, -0.2) is 0 Å². The Kier molecular flexibility index (Phi) is 3.57. The Hall–Kier alpha value is -0.740. The van der Waals surface area contributed by atoms with Crippen LogP contribution in [0.3, 0.4) is 0 Å². The van der Waals surface area contributed by atoms with Crippen molar-refractivity contribution in [3.05, 3.63) is 29.5 Å². The molecule has 0 heterocycles. The Balaban J connectivity index is 2.67. The smallest absolute Gasteiger partial charge is 0.00614 e. The van der Waals surface area contributed by atoms with Gasteiger partial charge in [0.05, 0.1) is 0 Å². The summed E-state index contributed by atoms with van der Waals surface area (Å²) in [7, 11) is 0. The van der Waals surface area contributed by atoms with Crippen LogP contribution in [0.1, 0.15) is 46.5 Å². The van der Waals surface area contributed by atoms with Gasteiger partial charge in [0, 0.05) is 0 Å². The Morgan fingerprint density at radius 2 is 2.31 bits per heavy atom. The van der Waals surface area contributed by atoms with Crippen LogP contribution in [0.2, 0.25) is 0 Å². The Labute approximate surface area is 82.0 Å². The summed E-state index contributed by atoms with van der Waals surface area (Å²) >= 11 is 0. The molecule has 0 unspecified atom stereocenters. The van der Waals surface area contributed by atoms with Gasteiger partial charge in [-0.3, -0.25) is 0 Å². The molecule has 13 heavy (non-hydrogen) atoms. The van der Waals surface area contributed by atoms with Crippen molar-refractivity contribution in [3.63, 3.8) is 0 Å². The monoisotopic (exact) mass is 176 g/mol. The van der Waals surface area contributed by atoms with Crippen LogP contribution >= 0.6 is 0 Å². The molecule has 0 bridgehead atoms. The molecule has 0 atom stereocenters. The Morgan fingerprint density at radius 1 is 1.54 bits per heavy atom. The van der Waals surface area contributed by atoms with Gasteiger partial charge in [0.25, 0.3) is 0 Å². The number of hydrogen-bond acceptors (Lipinski definition) is 0. The number of hydrogen-bond donors (Lipinski definition) is 0. The quantitative estimate of drug-likeness (QED) is 0.552.